The van der Waals surface area contributed by atoms with Gasteiger partial charge < -0.3 is 33.4 Å². The highest BCUT2D eigenvalue weighted by Crippen LogP contribution is 2.51. The van der Waals surface area contributed by atoms with Crippen molar-refractivity contribution in [3.05, 3.63) is 111 Å². The number of hydrogen-bond acceptors (Lipinski definition) is 16. The third-order valence-electron chi connectivity index (χ3n) is 11.5. The number of esters is 3. The van der Waals surface area contributed by atoms with Gasteiger partial charge >= 0.3 is 29.4 Å². The fourth-order valence-corrected chi connectivity index (χ4v) is 8.83. The van der Waals surface area contributed by atoms with Gasteiger partial charge in [-0.2, -0.15) is 5.06 Å². The number of ketones is 1. The lowest BCUT2D eigenvalue weighted by atomic mass is 9.97. The van der Waals surface area contributed by atoms with Gasteiger partial charge in [0.25, 0.3) is 11.8 Å². The van der Waals surface area contributed by atoms with Crippen LogP contribution in [0, 0.1) is 12.8 Å². The number of oxime groups is 1. The molecule has 5 aliphatic rings. The van der Waals surface area contributed by atoms with Crippen molar-refractivity contribution < 1.29 is 62.1 Å². The number of nitrogens with zero attached hydrogens (tertiary/aromatic N) is 4. The summed E-state index contributed by atoms with van der Waals surface area (Å²) in [5.74, 6) is -6.61. The summed E-state index contributed by atoms with van der Waals surface area (Å²) in [6, 6.07) is 20.7. The first-order valence-electron chi connectivity index (χ1n) is 21.6. The van der Waals surface area contributed by atoms with Crippen LogP contribution in [0.25, 0.3) is 0 Å². The normalized spacial score (nSPS) is 22.8. The van der Waals surface area contributed by atoms with Crippen LogP contribution in [0.5, 0.6) is 11.5 Å². The average Bonchev–Trinajstić information content (AvgIpc) is 3.61. The molecule has 17 nitrogen and oxygen atoms in total. The maximum atomic E-state index is 14.4. The minimum Gasteiger partial charge on any atom is -0.457 e. The molecular formula is C48H48N4O13S. The van der Waals surface area contributed by atoms with E-state index in [-0.39, 0.29) is 23.5 Å². The number of carbonyl (C=O) groups excluding carboxylic acids is 6. The maximum absolute atomic E-state index is 14.4. The van der Waals surface area contributed by atoms with Gasteiger partial charge in [-0.15, -0.1) is 11.3 Å². The predicted molar refractivity (Wildman–Crippen MR) is 233 cm³/mol. The molecule has 3 fully saturated rings. The molecule has 3 atom stereocenters. The van der Waals surface area contributed by atoms with Gasteiger partial charge in [-0.05, 0) is 66.2 Å². The second kappa shape index (κ2) is 16.0. The van der Waals surface area contributed by atoms with E-state index in [0.717, 1.165) is 11.1 Å². The Kier molecular flexibility index (Phi) is 10.8. The summed E-state index contributed by atoms with van der Waals surface area (Å²) in [7, 11) is 0. The number of Topliss-reactive ketones (excluding diaryl/α,β-unsaturated/α-hetero) is 1. The van der Waals surface area contributed by atoms with E-state index in [2.05, 4.69) is 10.1 Å². The molecule has 1 unspecified atom stereocenters. The van der Waals surface area contributed by atoms with Gasteiger partial charge in [0.05, 0.1) is 24.0 Å². The van der Waals surface area contributed by atoms with E-state index in [9.17, 15) is 28.8 Å². The van der Waals surface area contributed by atoms with E-state index < -0.39 is 95.2 Å². The monoisotopic (exact) mass is 920 g/mol. The highest BCUT2D eigenvalue weighted by Gasteiger charge is 2.65. The number of fused-ring (bicyclic) bond motifs is 2. The molecule has 4 aliphatic heterocycles. The standard InChI is InChI=1S/C48H48N4O13S/c1-27-49-33(26-66-27)38(50-65-46(18-19-46)42(57)63-44(2,3)4)35(53)20-29-25-59-52(39(29)54)47(43(58)64-45(5,6)7)23-34(41(56)62-47)51-24-28-21-36-37(22-32(28)40(51)55)61-48(60-36,30-14-10-8-11-15-30)31-16-12-9-13-17-31/h8-17,21-22,26,29,34H,18-20,23-25H2,1-7H3/b50-38-/t29-,34-,47?/m0/s1. The Hall–Kier alpha value is -6.66. The Bertz CT molecular complexity index is 2640. The quantitative estimate of drug-likeness (QED) is 0.0686. The van der Waals surface area contributed by atoms with E-state index in [4.69, 9.17) is 33.4 Å². The molecule has 5 heterocycles. The van der Waals surface area contributed by atoms with Gasteiger partial charge in [-0.25, -0.2) is 19.4 Å². The van der Waals surface area contributed by atoms with Gasteiger partial charge in [0.15, 0.2) is 23.0 Å². The van der Waals surface area contributed by atoms with Crippen LogP contribution in [0.2, 0.25) is 0 Å². The Morgan fingerprint density at radius 1 is 0.848 bits per heavy atom. The van der Waals surface area contributed by atoms with Crippen molar-refractivity contribution in [2.24, 2.45) is 11.1 Å². The van der Waals surface area contributed by atoms with E-state index >= 15 is 0 Å². The molecule has 0 N–H and O–H groups in total. The van der Waals surface area contributed by atoms with E-state index in [1.54, 1.807) is 66.0 Å². The van der Waals surface area contributed by atoms with Crippen LogP contribution in [0.3, 0.4) is 0 Å². The molecule has 1 saturated carbocycles. The number of cyclic esters (lactones) is 1. The first-order valence-corrected chi connectivity index (χ1v) is 22.4. The predicted octanol–water partition coefficient (Wildman–Crippen LogP) is 6.08. The number of hydrogen-bond donors (Lipinski definition) is 0. The number of ether oxygens (including phenoxy) is 5. The number of aryl methyl sites for hydroxylation is 1. The smallest absolute Gasteiger partial charge is 0.375 e. The fraction of sp³-hybridized carbons (Fsp3) is 0.417. The van der Waals surface area contributed by atoms with E-state index in [1.165, 1.54) is 16.2 Å². The minimum atomic E-state index is -2.48. The molecule has 66 heavy (non-hydrogen) atoms. The number of thiazole rings is 1. The molecule has 2 saturated heterocycles. The molecule has 3 aromatic carbocycles. The summed E-state index contributed by atoms with van der Waals surface area (Å²) in [5.41, 5.74) is -3.55. The van der Waals surface area contributed by atoms with Gasteiger partial charge in [-0.1, -0.05) is 65.8 Å². The molecule has 344 valence electrons. The highest BCUT2D eigenvalue weighted by molar-refractivity contribution is 7.09. The Morgan fingerprint density at radius 3 is 2.03 bits per heavy atom. The largest absolute Gasteiger partial charge is 0.457 e. The minimum absolute atomic E-state index is 0.0694. The second-order valence-corrected chi connectivity index (χ2v) is 20.0. The van der Waals surface area contributed by atoms with Crippen molar-refractivity contribution in [1.29, 1.82) is 0 Å². The maximum Gasteiger partial charge on any atom is 0.375 e. The summed E-state index contributed by atoms with van der Waals surface area (Å²) in [5, 5.41) is 7.01. The van der Waals surface area contributed by atoms with Crippen molar-refractivity contribution in [2.75, 3.05) is 6.61 Å². The zero-order valence-corrected chi connectivity index (χ0v) is 38.2. The summed E-state index contributed by atoms with van der Waals surface area (Å²) in [6.45, 7) is 11.3. The lowest BCUT2D eigenvalue weighted by Gasteiger charge is -2.35. The van der Waals surface area contributed by atoms with Crippen LogP contribution in [0.4, 0.5) is 0 Å². The highest BCUT2D eigenvalue weighted by atomic mass is 32.1. The Labute approximate surface area is 383 Å². The Morgan fingerprint density at radius 2 is 1.45 bits per heavy atom. The molecule has 0 spiro atoms. The molecule has 9 rings (SSSR count). The zero-order valence-electron chi connectivity index (χ0n) is 37.4. The Balaban J connectivity index is 0.951. The molecule has 18 heteroatoms. The van der Waals surface area contributed by atoms with Gasteiger partial charge in [0.2, 0.25) is 5.60 Å². The molecule has 2 amide bonds. The van der Waals surface area contributed by atoms with Crippen LogP contribution in [-0.4, -0.2) is 91.3 Å². The van der Waals surface area contributed by atoms with Crippen molar-refractivity contribution >= 4 is 52.6 Å². The number of amides is 2. The second-order valence-electron chi connectivity index (χ2n) is 18.9. The van der Waals surface area contributed by atoms with E-state index in [0.29, 0.717) is 40.0 Å². The van der Waals surface area contributed by atoms with Gasteiger partial charge in [-0.3, -0.25) is 19.2 Å². The van der Waals surface area contributed by atoms with Crippen molar-refractivity contribution in [3.63, 3.8) is 0 Å². The SMILES string of the molecule is Cc1nc(/C(=N/OC2(C(=O)OC(C)(C)C)CC2)C(=O)C[C@H]2CON(C3(C(=O)OC(C)(C)C)C[C@H](N4Cc5cc6c(cc5C4=O)OC(c4ccccc4)(c4ccccc4)O6)C(=O)O3)C2=O)cs1. The molecular weight excluding hydrogens is 873 g/mol. The number of aromatic nitrogens is 1. The summed E-state index contributed by atoms with van der Waals surface area (Å²) < 4.78 is 30.3. The van der Waals surface area contributed by atoms with Crippen LogP contribution in [0.15, 0.2) is 83.3 Å². The zero-order chi connectivity index (χ0) is 47.0. The van der Waals surface area contributed by atoms with Crippen molar-refractivity contribution in [2.45, 2.75) is 115 Å². The van der Waals surface area contributed by atoms with Crippen LogP contribution >= 0.6 is 11.3 Å². The number of rotatable bonds is 12. The van der Waals surface area contributed by atoms with Crippen LogP contribution < -0.4 is 9.47 Å². The van der Waals surface area contributed by atoms with Crippen molar-refractivity contribution in [1.82, 2.24) is 14.9 Å². The van der Waals surface area contributed by atoms with Crippen LogP contribution in [0.1, 0.15) is 105 Å². The molecule has 0 bridgehead atoms. The molecule has 1 aliphatic carbocycles. The van der Waals surface area contributed by atoms with Crippen LogP contribution in [-0.2, 0) is 60.2 Å². The first kappa shape index (κ1) is 44.5. The first-order chi connectivity index (χ1) is 31.2. The molecule has 4 aromatic rings. The lowest BCUT2D eigenvalue weighted by molar-refractivity contribution is -0.263. The fourth-order valence-electron chi connectivity index (χ4n) is 8.23. The molecule has 1 aromatic heterocycles. The third kappa shape index (κ3) is 8.05. The topological polar surface area (TPSA) is 199 Å². The summed E-state index contributed by atoms with van der Waals surface area (Å²) in [4.78, 5) is 101. The molecule has 0 radical (unpaired) electrons. The summed E-state index contributed by atoms with van der Waals surface area (Å²) in [6.07, 6.45) is -0.386. The lowest BCUT2D eigenvalue weighted by Crippen LogP contribution is -2.57. The van der Waals surface area contributed by atoms with Crippen molar-refractivity contribution in [3.8, 4) is 11.5 Å². The van der Waals surface area contributed by atoms with Gasteiger partial charge in [0.1, 0.15) is 22.9 Å². The van der Waals surface area contributed by atoms with E-state index in [1.807, 2.05) is 60.7 Å². The number of hydroxylamine groups is 2. The van der Waals surface area contributed by atoms with Gasteiger partial charge in [0, 0.05) is 47.9 Å². The number of benzene rings is 3. The summed E-state index contributed by atoms with van der Waals surface area (Å²) >= 11 is 1.26. The third-order valence-corrected chi connectivity index (χ3v) is 12.3. The average molecular weight is 921 g/mol. The number of carbonyl (C=O) groups is 6.